The first kappa shape index (κ1) is 16.7. The molecule has 0 aliphatic heterocycles. The molecule has 1 amide bonds. The number of benzene rings is 1. The number of hydrogen-bond donors (Lipinski definition) is 1. The quantitative estimate of drug-likeness (QED) is 0.877. The van der Waals surface area contributed by atoms with Crippen molar-refractivity contribution in [2.45, 2.75) is 6.92 Å². The maximum atomic E-state index is 12.1. The average molecular weight is 340 g/mol. The lowest BCUT2D eigenvalue weighted by Crippen LogP contribution is -2.19. The van der Waals surface area contributed by atoms with Crippen molar-refractivity contribution in [3.8, 4) is 5.75 Å². The number of hydrogen-bond acceptors (Lipinski definition) is 5. The number of carbonyl (C=O) groups is 1. The number of thiazole rings is 1. The number of aryl methyl sites for hydroxylation is 1. The van der Waals surface area contributed by atoms with E-state index in [0.29, 0.717) is 27.9 Å². The summed E-state index contributed by atoms with van der Waals surface area (Å²) in [6.45, 7) is 3.22. The Bertz CT molecular complexity index is 658. The van der Waals surface area contributed by atoms with Gasteiger partial charge in [-0.05, 0) is 39.2 Å². The van der Waals surface area contributed by atoms with E-state index in [-0.39, 0.29) is 5.91 Å². The predicted molar refractivity (Wildman–Crippen MR) is 90.3 cm³/mol. The Balaban J connectivity index is 1.98. The summed E-state index contributed by atoms with van der Waals surface area (Å²) in [6, 6.07) is 5.20. The number of nitrogens with zero attached hydrogens (tertiary/aromatic N) is 2. The molecule has 0 radical (unpaired) electrons. The van der Waals surface area contributed by atoms with E-state index < -0.39 is 0 Å². The van der Waals surface area contributed by atoms with Crippen LogP contribution in [0, 0.1) is 6.92 Å². The van der Waals surface area contributed by atoms with Gasteiger partial charge in [-0.1, -0.05) is 11.6 Å². The Hall–Kier alpha value is -1.63. The van der Waals surface area contributed by atoms with Crippen LogP contribution in [0.1, 0.15) is 14.7 Å². The highest BCUT2D eigenvalue weighted by Gasteiger charge is 2.11. The molecule has 0 saturated carbocycles. The molecule has 0 aliphatic carbocycles. The Morgan fingerprint density at radius 3 is 2.82 bits per heavy atom. The molecule has 0 aliphatic rings. The van der Waals surface area contributed by atoms with Crippen LogP contribution in [-0.4, -0.2) is 43.0 Å². The van der Waals surface area contributed by atoms with Crippen molar-refractivity contribution in [1.82, 2.24) is 9.88 Å². The van der Waals surface area contributed by atoms with E-state index in [9.17, 15) is 4.79 Å². The van der Waals surface area contributed by atoms with Crippen molar-refractivity contribution in [2.75, 3.05) is 32.6 Å². The molecule has 0 spiro atoms. The van der Waals surface area contributed by atoms with E-state index in [1.807, 2.05) is 25.9 Å². The van der Waals surface area contributed by atoms with Crippen LogP contribution in [-0.2, 0) is 0 Å². The van der Waals surface area contributed by atoms with Gasteiger partial charge >= 0.3 is 0 Å². The highest BCUT2D eigenvalue weighted by Crippen LogP contribution is 2.28. The summed E-state index contributed by atoms with van der Waals surface area (Å²) in [4.78, 5) is 18.7. The number of carbonyl (C=O) groups excluding carboxylic acids is 1. The predicted octanol–water partition coefficient (Wildman–Crippen LogP) is 3.30. The number of ether oxygens (including phenoxy) is 1. The van der Waals surface area contributed by atoms with E-state index in [1.165, 1.54) is 11.3 Å². The van der Waals surface area contributed by atoms with Crippen LogP contribution in [0.4, 0.5) is 5.69 Å². The Kier molecular flexibility index (Phi) is 5.76. The lowest BCUT2D eigenvalue weighted by Gasteiger charge is -2.12. The Morgan fingerprint density at radius 2 is 2.23 bits per heavy atom. The first-order valence-corrected chi connectivity index (χ1v) is 7.96. The summed E-state index contributed by atoms with van der Waals surface area (Å²) in [6.07, 6.45) is 1.57. The fraction of sp³-hybridized carbons (Fsp3) is 0.333. The van der Waals surface area contributed by atoms with Gasteiger partial charge in [0.05, 0.1) is 16.2 Å². The molecular weight excluding hydrogens is 322 g/mol. The van der Waals surface area contributed by atoms with E-state index in [0.717, 1.165) is 11.6 Å². The van der Waals surface area contributed by atoms with Crippen molar-refractivity contribution >= 4 is 34.5 Å². The number of likely N-dealkylation sites (N-methyl/N-ethyl adjacent to an activating group) is 1. The summed E-state index contributed by atoms with van der Waals surface area (Å²) >= 11 is 7.53. The molecule has 0 atom stereocenters. The fourth-order valence-corrected chi connectivity index (χ4v) is 2.60. The van der Waals surface area contributed by atoms with Crippen LogP contribution >= 0.6 is 22.9 Å². The number of anilines is 1. The van der Waals surface area contributed by atoms with Crippen LogP contribution in [0.5, 0.6) is 5.75 Å². The van der Waals surface area contributed by atoms with Gasteiger partial charge < -0.3 is 15.0 Å². The first-order chi connectivity index (χ1) is 10.5. The summed E-state index contributed by atoms with van der Waals surface area (Å²) in [7, 11) is 3.95. The van der Waals surface area contributed by atoms with Gasteiger partial charge in [-0.2, -0.15) is 0 Å². The standard InChI is InChI=1S/C15H18ClN3O2S/c1-10-17-9-14(22-10)15(20)18-11-4-5-13(12(16)8-11)21-7-6-19(2)3/h4-5,8-9H,6-7H2,1-3H3,(H,18,20). The molecule has 1 heterocycles. The molecule has 1 aromatic carbocycles. The third-order valence-corrected chi connectivity index (χ3v) is 4.04. The fourth-order valence-electron chi connectivity index (χ4n) is 1.69. The van der Waals surface area contributed by atoms with Crippen molar-refractivity contribution in [2.24, 2.45) is 0 Å². The minimum absolute atomic E-state index is 0.192. The molecule has 7 heteroatoms. The van der Waals surface area contributed by atoms with Gasteiger partial charge in [0.2, 0.25) is 0 Å². The SMILES string of the molecule is Cc1ncc(C(=O)Nc2ccc(OCCN(C)C)c(Cl)c2)s1. The second-order valence-corrected chi connectivity index (χ2v) is 6.64. The number of aromatic nitrogens is 1. The van der Waals surface area contributed by atoms with Crippen LogP contribution in [0.15, 0.2) is 24.4 Å². The summed E-state index contributed by atoms with van der Waals surface area (Å²) < 4.78 is 5.60. The Labute approximate surface area is 138 Å². The summed E-state index contributed by atoms with van der Waals surface area (Å²) in [5, 5.41) is 4.12. The zero-order chi connectivity index (χ0) is 16.1. The van der Waals surface area contributed by atoms with Gasteiger partial charge in [-0.25, -0.2) is 4.98 Å². The molecule has 1 aromatic heterocycles. The molecule has 2 aromatic rings. The van der Waals surface area contributed by atoms with E-state index >= 15 is 0 Å². The molecule has 0 bridgehead atoms. The third-order valence-electron chi connectivity index (χ3n) is 2.83. The van der Waals surface area contributed by atoms with Gasteiger partial charge in [0.25, 0.3) is 5.91 Å². The lowest BCUT2D eigenvalue weighted by molar-refractivity contribution is 0.103. The smallest absolute Gasteiger partial charge is 0.267 e. The van der Waals surface area contributed by atoms with Crippen molar-refractivity contribution < 1.29 is 9.53 Å². The number of rotatable bonds is 6. The van der Waals surface area contributed by atoms with Crippen LogP contribution in [0.25, 0.3) is 0 Å². The highest BCUT2D eigenvalue weighted by molar-refractivity contribution is 7.13. The van der Waals surface area contributed by atoms with E-state index in [2.05, 4.69) is 10.3 Å². The van der Waals surface area contributed by atoms with Crippen LogP contribution < -0.4 is 10.1 Å². The molecule has 22 heavy (non-hydrogen) atoms. The zero-order valence-corrected chi connectivity index (χ0v) is 14.3. The average Bonchev–Trinajstić information content (AvgIpc) is 2.87. The molecule has 2 rings (SSSR count). The molecule has 0 unspecified atom stereocenters. The number of nitrogens with one attached hydrogen (secondary N) is 1. The molecule has 5 nitrogen and oxygen atoms in total. The van der Waals surface area contributed by atoms with Crippen molar-refractivity contribution in [1.29, 1.82) is 0 Å². The maximum absolute atomic E-state index is 12.1. The van der Waals surface area contributed by atoms with E-state index in [4.69, 9.17) is 16.3 Å². The van der Waals surface area contributed by atoms with Gasteiger partial charge in [-0.3, -0.25) is 4.79 Å². The zero-order valence-electron chi connectivity index (χ0n) is 12.7. The normalized spacial score (nSPS) is 10.8. The van der Waals surface area contributed by atoms with Gasteiger partial charge in [-0.15, -0.1) is 11.3 Å². The summed E-state index contributed by atoms with van der Waals surface area (Å²) in [5.74, 6) is 0.415. The lowest BCUT2D eigenvalue weighted by atomic mass is 10.3. The molecule has 118 valence electrons. The highest BCUT2D eigenvalue weighted by atomic mass is 35.5. The minimum atomic E-state index is -0.192. The van der Waals surface area contributed by atoms with Crippen LogP contribution in [0.2, 0.25) is 5.02 Å². The maximum Gasteiger partial charge on any atom is 0.267 e. The molecule has 0 saturated heterocycles. The van der Waals surface area contributed by atoms with Gasteiger partial charge in [0, 0.05) is 12.2 Å². The topological polar surface area (TPSA) is 54.5 Å². The molecule has 0 fully saturated rings. The minimum Gasteiger partial charge on any atom is -0.491 e. The van der Waals surface area contributed by atoms with Crippen molar-refractivity contribution in [3.05, 3.63) is 39.3 Å². The van der Waals surface area contributed by atoms with E-state index in [1.54, 1.807) is 24.4 Å². The Morgan fingerprint density at radius 1 is 1.45 bits per heavy atom. The number of amides is 1. The molecule has 1 N–H and O–H groups in total. The second kappa shape index (κ2) is 7.58. The van der Waals surface area contributed by atoms with Gasteiger partial charge in [0.15, 0.2) is 0 Å². The first-order valence-electron chi connectivity index (χ1n) is 6.76. The van der Waals surface area contributed by atoms with Crippen LogP contribution in [0.3, 0.4) is 0 Å². The largest absolute Gasteiger partial charge is 0.491 e. The van der Waals surface area contributed by atoms with Crippen molar-refractivity contribution in [3.63, 3.8) is 0 Å². The van der Waals surface area contributed by atoms with Gasteiger partial charge in [0.1, 0.15) is 17.2 Å². The second-order valence-electron chi connectivity index (χ2n) is 4.99. The third kappa shape index (κ3) is 4.69. The number of halogens is 1. The molecular formula is C15H18ClN3O2S. The summed E-state index contributed by atoms with van der Waals surface area (Å²) in [5.41, 5.74) is 0.626. The monoisotopic (exact) mass is 339 g/mol.